The standard InChI is InChI=1S/C15H20N2O2/c1-3-17-13-10-11(19-2)6-7-12(13)16-14(18)15(17)8-4-5-9-15/h6-7,10H,3-5,8-9H2,1-2H3,(H,16,18). The van der Waals surface area contributed by atoms with Crippen LogP contribution in [0.25, 0.3) is 0 Å². The molecule has 1 aromatic rings. The van der Waals surface area contributed by atoms with Crippen LogP contribution in [0.2, 0.25) is 0 Å². The van der Waals surface area contributed by atoms with Crippen molar-refractivity contribution in [2.24, 2.45) is 0 Å². The maximum absolute atomic E-state index is 12.5. The van der Waals surface area contributed by atoms with Gasteiger partial charge in [0.2, 0.25) is 5.91 Å². The Morgan fingerprint density at radius 3 is 2.74 bits per heavy atom. The van der Waals surface area contributed by atoms with Crippen molar-refractivity contribution >= 4 is 17.3 Å². The fourth-order valence-corrected chi connectivity index (χ4v) is 3.49. The van der Waals surface area contributed by atoms with Crippen molar-refractivity contribution in [2.75, 3.05) is 23.9 Å². The van der Waals surface area contributed by atoms with Crippen molar-refractivity contribution in [1.29, 1.82) is 0 Å². The van der Waals surface area contributed by atoms with Crippen LogP contribution < -0.4 is 15.0 Å². The number of likely N-dealkylation sites (N-methyl/N-ethyl adjacent to an activating group) is 1. The minimum atomic E-state index is -0.339. The summed E-state index contributed by atoms with van der Waals surface area (Å²) in [4.78, 5) is 14.8. The highest BCUT2D eigenvalue weighted by Crippen LogP contribution is 2.45. The molecule has 19 heavy (non-hydrogen) atoms. The van der Waals surface area contributed by atoms with Gasteiger partial charge in [-0.15, -0.1) is 0 Å². The molecule has 0 bridgehead atoms. The zero-order chi connectivity index (χ0) is 13.5. The molecule has 102 valence electrons. The number of benzene rings is 1. The molecule has 4 heteroatoms. The summed E-state index contributed by atoms with van der Waals surface area (Å²) in [5.41, 5.74) is 1.64. The molecular formula is C15H20N2O2. The lowest BCUT2D eigenvalue weighted by molar-refractivity contribution is -0.121. The zero-order valence-corrected chi connectivity index (χ0v) is 11.5. The first kappa shape index (κ1) is 12.3. The smallest absolute Gasteiger partial charge is 0.250 e. The van der Waals surface area contributed by atoms with E-state index in [4.69, 9.17) is 4.74 Å². The summed E-state index contributed by atoms with van der Waals surface area (Å²) in [6.07, 6.45) is 4.15. The normalized spacial score (nSPS) is 20.3. The summed E-state index contributed by atoms with van der Waals surface area (Å²) in [6.45, 7) is 2.95. The fraction of sp³-hybridized carbons (Fsp3) is 0.533. The minimum Gasteiger partial charge on any atom is -0.497 e. The van der Waals surface area contributed by atoms with Crippen LogP contribution >= 0.6 is 0 Å². The molecule has 1 aliphatic heterocycles. The van der Waals surface area contributed by atoms with Crippen LogP contribution in [0.4, 0.5) is 11.4 Å². The molecule has 3 rings (SSSR count). The number of carbonyl (C=O) groups is 1. The zero-order valence-electron chi connectivity index (χ0n) is 11.5. The van der Waals surface area contributed by atoms with E-state index >= 15 is 0 Å². The molecule has 1 saturated carbocycles. The largest absolute Gasteiger partial charge is 0.497 e. The number of amides is 1. The van der Waals surface area contributed by atoms with E-state index in [1.807, 2.05) is 18.2 Å². The number of hydrogen-bond acceptors (Lipinski definition) is 3. The second kappa shape index (κ2) is 4.44. The van der Waals surface area contributed by atoms with E-state index in [0.717, 1.165) is 49.4 Å². The number of fused-ring (bicyclic) bond motifs is 1. The van der Waals surface area contributed by atoms with Crippen molar-refractivity contribution < 1.29 is 9.53 Å². The number of carbonyl (C=O) groups excluding carboxylic acids is 1. The molecule has 1 spiro atoms. The van der Waals surface area contributed by atoms with E-state index in [0.29, 0.717) is 0 Å². The van der Waals surface area contributed by atoms with Crippen molar-refractivity contribution in [3.63, 3.8) is 0 Å². The van der Waals surface area contributed by atoms with Crippen LogP contribution in [-0.4, -0.2) is 25.1 Å². The summed E-state index contributed by atoms with van der Waals surface area (Å²) >= 11 is 0. The number of hydrogen-bond donors (Lipinski definition) is 1. The van der Waals surface area contributed by atoms with Gasteiger partial charge in [-0.3, -0.25) is 4.79 Å². The highest BCUT2D eigenvalue weighted by Gasteiger charge is 2.49. The third-order valence-electron chi connectivity index (χ3n) is 4.43. The van der Waals surface area contributed by atoms with Crippen molar-refractivity contribution in [2.45, 2.75) is 38.1 Å². The van der Waals surface area contributed by atoms with E-state index in [9.17, 15) is 4.79 Å². The van der Waals surface area contributed by atoms with Crippen LogP contribution in [0, 0.1) is 0 Å². The molecule has 0 aromatic heterocycles. The highest BCUT2D eigenvalue weighted by atomic mass is 16.5. The Morgan fingerprint density at radius 1 is 1.37 bits per heavy atom. The van der Waals surface area contributed by atoms with Crippen LogP contribution in [0.15, 0.2) is 18.2 Å². The lowest BCUT2D eigenvalue weighted by atomic mass is 9.90. The van der Waals surface area contributed by atoms with Gasteiger partial charge in [-0.1, -0.05) is 12.8 Å². The number of rotatable bonds is 2. The van der Waals surface area contributed by atoms with Gasteiger partial charge in [-0.2, -0.15) is 0 Å². The number of anilines is 2. The summed E-state index contributed by atoms with van der Waals surface area (Å²) in [5.74, 6) is 0.992. The molecule has 1 aromatic carbocycles. The Bertz CT molecular complexity index is 507. The van der Waals surface area contributed by atoms with E-state index in [1.165, 1.54) is 0 Å². The highest BCUT2D eigenvalue weighted by molar-refractivity contribution is 6.07. The van der Waals surface area contributed by atoms with E-state index in [1.54, 1.807) is 7.11 Å². The Kier molecular flexibility index (Phi) is 2.88. The summed E-state index contributed by atoms with van der Waals surface area (Å²) in [7, 11) is 1.67. The molecule has 1 heterocycles. The van der Waals surface area contributed by atoms with Gasteiger partial charge >= 0.3 is 0 Å². The molecule has 4 nitrogen and oxygen atoms in total. The average molecular weight is 260 g/mol. The summed E-state index contributed by atoms with van der Waals surface area (Å²) in [6, 6.07) is 5.84. The van der Waals surface area contributed by atoms with Crippen LogP contribution in [0.3, 0.4) is 0 Å². The van der Waals surface area contributed by atoms with Crippen LogP contribution in [0.1, 0.15) is 32.6 Å². The van der Waals surface area contributed by atoms with Gasteiger partial charge in [0.1, 0.15) is 11.3 Å². The second-order valence-corrected chi connectivity index (χ2v) is 5.32. The average Bonchev–Trinajstić information content (AvgIpc) is 2.90. The lowest BCUT2D eigenvalue weighted by Gasteiger charge is -2.45. The molecule has 1 N–H and O–H groups in total. The van der Waals surface area contributed by atoms with Gasteiger partial charge in [0.25, 0.3) is 0 Å². The topological polar surface area (TPSA) is 41.6 Å². The lowest BCUT2D eigenvalue weighted by Crippen LogP contribution is -2.58. The monoisotopic (exact) mass is 260 g/mol. The Morgan fingerprint density at radius 2 is 2.11 bits per heavy atom. The summed E-state index contributed by atoms with van der Waals surface area (Å²) in [5, 5.41) is 3.07. The third kappa shape index (κ3) is 1.70. The Labute approximate surface area is 113 Å². The predicted octanol–water partition coefficient (Wildman–Crippen LogP) is 2.79. The molecule has 1 amide bonds. The van der Waals surface area contributed by atoms with Gasteiger partial charge in [-0.05, 0) is 31.9 Å². The van der Waals surface area contributed by atoms with E-state index < -0.39 is 0 Å². The molecule has 1 fully saturated rings. The molecular weight excluding hydrogens is 240 g/mol. The first-order chi connectivity index (χ1) is 9.21. The van der Waals surface area contributed by atoms with Crippen molar-refractivity contribution in [3.8, 4) is 5.75 Å². The van der Waals surface area contributed by atoms with Crippen LogP contribution in [-0.2, 0) is 4.79 Å². The van der Waals surface area contributed by atoms with Crippen LogP contribution in [0.5, 0.6) is 5.75 Å². The molecule has 0 radical (unpaired) electrons. The number of ether oxygens (including phenoxy) is 1. The van der Waals surface area contributed by atoms with Crippen molar-refractivity contribution in [3.05, 3.63) is 18.2 Å². The Hall–Kier alpha value is -1.71. The molecule has 1 aliphatic carbocycles. The quantitative estimate of drug-likeness (QED) is 0.889. The van der Waals surface area contributed by atoms with Gasteiger partial charge in [0, 0.05) is 12.6 Å². The van der Waals surface area contributed by atoms with Gasteiger partial charge in [0.05, 0.1) is 18.5 Å². The van der Waals surface area contributed by atoms with E-state index in [2.05, 4.69) is 17.1 Å². The van der Waals surface area contributed by atoms with Gasteiger partial charge in [-0.25, -0.2) is 0 Å². The fourth-order valence-electron chi connectivity index (χ4n) is 3.49. The van der Waals surface area contributed by atoms with Gasteiger partial charge in [0.15, 0.2) is 0 Å². The molecule has 0 atom stereocenters. The van der Waals surface area contributed by atoms with E-state index in [-0.39, 0.29) is 11.4 Å². The molecule has 0 saturated heterocycles. The number of nitrogens with zero attached hydrogens (tertiary/aromatic N) is 1. The number of nitrogens with one attached hydrogen (secondary N) is 1. The minimum absolute atomic E-state index is 0.157. The molecule has 0 unspecified atom stereocenters. The van der Waals surface area contributed by atoms with Gasteiger partial charge < -0.3 is 15.0 Å². The van der Waals surface area contributed by atoms with Crippen molar-refractivity contribution in [1.82, 2.24) is 0 Å². The maximum atomic E-state index is 12.5. The number of methoxy groups -OCH3 is 1. The first-order valence-electron chi connectivity index (χ1n) is 6.98. The third-order valence-corrected chi connectivity index (χ3v) is 4.43. The molecule has 2 aliphatic rings. The Balaban J connectivity index is 2.11. The summed E-state index contributed by atoms with van der Waals surface area (Å²) < 4.78 is 5.31. The first-order valence-corrected chi connectivity index (χ1v) is 6.98. The predicted molar refractivity (Wildman–Crippen MR) is 75.8 cm³/mol. The second-order valence-electron chi connectivity index (χ2n) is 5.32. The SMILES string of the molecule is CCN1c2cc(OC)ccc2NC(=O)C12CCCC2. The maximum Gasteiger partial charge on any atom is 0.250 e.